The first-order valence-corrected chi connectivity index (χ1v) is 9.26. The van der Waals surface area contributed by atoms with Crippen LogP contribution in [0.15, 0.2) is 23.2 Å². The Morgan fingerprint density at radius 3 is 2.52 bits per heavy atom. The summed E-state index contributed by atoms with van der Waals surface area (Å²) in [6.45, 7) is 4.12. The molecule has 152 valence electrons. The number of nitrogens with one attached hydrogen (secondary N) is 2. The third kappa shape index (κ3) is 6.53. The predicted molar refractivity (Wildman–Crippen MR) is 103 cm³/mol. The van der Waals surface area contributed by atoms with E-state index in [4.69, 9.17) is 4.74 Å². The Morgan fingerprint density at radius 2 is 1.96 bits per heavy atom. The molecule has 0 unspecified atom stereocenters. The molecule has 0 aromatic heterocycles. The number of aliphatic imine (C=N–C) groups is 1. The molecule has 1 aromatic carbocycles. The van der Waals surface area contributed by atoms with Crippen LogP contribution in [0.3, 0.4) is 0 Å². The maximum Gasteiger partial charge on any atom is 0.387 e. The van der Waals surface area contributed by atoms with Gasteiger partial charge in [-0.2, -0.15) is 8.78 Å². The molecular weight excluding hydrogens is 354 g/mol. The molecular formula is C19H30F2N4O2. The Morgan fingerprint density at radius 1 is 1.26 bits per heavy atom. The molecule has 1 aliphatic rings. The minimum Gasteiger partial charge on any atom is -0.493 e. The van der Waals surface area contributed by atoms with Crippen LogP contribution in [-0.4, -0.2) is 56.8 Å². The normalized spacial score (nSPS) is 16.7. The molecule has 1 aliphatic heterocycles. The van der Waals surface area contributed by atoms with Gasteiger partial charge < -0.3 is 25.0 Å². The van der Waals surface area contributed by atoms with Crippen LogP contribution in [0, 0.1) is 0 Å². The summed E-state index contributed by atoms with van der Waals surface area (Å²) in [6.07, 6.45) is 2.13. The standard InChI is InChI=1S/C19H30F2N4O2/c1-13(2)25-9-7-15(8-10-25)24-19(22-3)23-12-14-5-6-16(26-4)17(11-14)27-18(20)21/h5-6,11,13,15,18H,7-10,12H2,1-4H3,(H2,22,23,24). The number of nitrogens with zero attached hydrogens (tertiary/aromatic N) is 2. The second-order valence-electron chi connectivity index (χ2n) is 6.84. The van der Waals surface area contributed by atoms with Gasteiger partial charge in [-0.15, -0.1) is 0 Å². The van der Waals surface area contributed by atoms with E-state index in [-0.39, 0.29) is 11.5 Å². The van der Waals surface area contributed by atoms with Crippen molar-refractivity contribution in [3.05, 3.63) is 23.8 Å². The number of ether oxygens (including phenoxy) is 2. The molecule has 6 nitrogen and oxygen atoms in total. The average Bonchev–Trinajstić information content (AvgIpc) is 2.65. The van der Waals surface area contributed by atoms with E-state index in [1.807, 2.05) is 0 Å². The van der Waals surface area contributed by atoms with Gasteiger partial charge in [-0.25, -0.2) is 0 Å². The van der Waals surface area contributed by atoms with Gasteiger partial charge in [0.05, 0.1) is 7.11 Å². The molecule has 0 amide bonds. The number of likely N-dealkylation sites (tertiary alicyclic amines) is 1. The van der Waals surface area contributed by atoms with E-state index >= 15 is 0 Å². The van der Waals surface area contributed by atoms with Gasteiger partial charge in [0, 0.05) is 38.8 Å². The number of halogens is 2. The van der Waals surface area contributed by atoms with Gasteiger partial charge in [0.2, 0.25) is 0 Å². The molecule has 1 saturated heterocycles. The Labute approximate surface area is 159 Å². The van der Waals surface area contributed by atoms with Crippen molar-refractivity contribution < 1.29 is 18.3 Å². The molecule has 27 heavy (non-hydrogen) atoms. The largest absolute Gasteiger partial charge is 0.493 e. The van der Waals surface area contributed by atoms with Crippen molar-refractivity contribution in [1.29, 1.82) is 0 Å². The lowest BCUT2D eigenvalue weighted by Crippen LogP contribution is -2.49. The van der Waals surface area contributed by atoms with Crippen molar-refractivity contribution in [1.82, 2.24) is 15.5 Å². The fourth-order valence-corrected chi connectivity index (χ4v) is 3.15. The first kappa shape index (κ1) is 21.2. The Hall–Kier alpha value is -2.09. The van der Waals surface area contributed by atoms with Gasteiger partial charge in [0.15, 0.2) is 17.5 Å². The molecule has 2 N–H and O–H groups in total. The van der Waals surface area contributed by atoms with Crippen molar-refractivity contribution in [3.8, 4) is 11.5 Å². The Balaban J connectivity index is 1.89. The number of methoxy groups -OCH3 is 1. The van der Waals surface area contributed by atoms with Crippen molar-refractivity contribution in [2.45, 2.75) is 51.9 Å². The number of hydrogen-bond donors (Lipinski definition) is 2. The van der Waals surface area contributed by atoms with Crippen LogP contribution in [0.1, 0.15) is 32.3 Å². The summed E-state index contributed by atoms with van der Waals surface area (Å²) in [6, 6.07) is 5.92. The quantitative estimate of drug-likeness (QED) is 0.559. The van der Waals surface area contributed by atoms with E-state index in [0.717, 1.165) is 31.5 Å². The van der Waals surface area contributed by atoms with Crippen LogP contribution in [0.5, 0.6) is 11.5 Å². The van der Waals surface area contributed by atoms with Crippen LogP contribution in [0.25, 0.3) is 0 Å². The van der Waals surface area contributed by atoms with E-state index in [1.54, 1.807) is 25.2 Å². The highest BCUT2D eigenvalue weighted by molar-refractivity contribution is 5.80. The SMILES string of the molecule is CN=C(NCc1ccc(OC)c(OC(F)F)c1)NC1CCN(C(C)C)CC1. The molecule has 1 aromatic rings. The Kier molecular flexibility index (Phi) is 8.09. The van der Waals surface area contributed by atoms with Crippen molar-refractivity contribution in [2.75, 3.05) is 27.2 Å². The van der Waals surface area contributed by atoms with Gasteiger partial charge in [-0.3, -0.25) is 4.99 Å². The first-order valence-electron chi connectivity index (χ1n) is 9.26. The molecule has 0 radical (unpaired) electrons. The smallest absolute Gasteiger partial charge is 0.387 e. The summed E-state index contributed by atoms with van der Waals surface area (Å²) in [7, 11) is 3.14. The number of hydrogen-bond acceptors (Lipinski definition) is 4. The minimum atomic E-state index is -2.90. The summed E-state index contributed by atoms with van der Waals surface area (Å²) in [5, 5.41) is 6.67. The van der Waals surface area contributed by atoms with E-state index in [0.29, 0.717) is 24.6 Å². The Bertz CT molecular complexity index is 618. The molecule has 0 aliphatic carbocycles. The monoisotopic (exact) mass is 384 g/mol. The highest BCUT2D eigenvalue weighted by Crippen LogP contribution is 2.29. The van der Waals surface area contributed by atoms with Crippen molar-refractivity contribution >= 4 is 5.96 Å². The first-order chi connectivity index (χ1) is 12.9. The summed E-state index contributed by atoms with van der Waals surface area (Å²) in [5.41, 5.74) is 0.795. The van der Waals surface area contributed by atoms with Gasteiger partial charge >= 0.3 is 6.61 Å². The second-order valence-corrected chi connectivity index (χ2v) is 6.84. The van der Waals surface area contributed by atoms with Crippen molar-refractivity contribution in [3.63, 3.8) is 0 Å². The van der Waals surface area contributed by atoms with Crippen molar-refractivity contribution in [2.24, 2.45) is 4.99 Å². The van der Waals surface area contributed by atoms with Gasteiger partial charge in [0.1, 0.15) is 0 Å². The number of guanidine groups is 1. The lowest BCUT2D eigenvalue weighted by molar-refractivity contribution is -0.0512. The fourth-order valence-electron chi connectivity index (χ4n) is 3.15. The van der Waals surface area contributed by atoms with Crippen LogP contribution >= 0.6 is 0 Å². The number of piperidine rings is 1. The van der Waals surface area contributed by atoms with Gasteiger partial charge in [-0.05, 0) is 44.4 Å². The third-order valence-corrected chi connectivity index (χ3v) is 4.73. The molecule has 2 rings (SSSR count). The molecule has 0 atom stereocenters. The second kappa shape index (κ2) is 10.3. The number of benzene rings is 1. The molecule has 1 heterocycles. The number of alkyl halides is 2. The van der Waals surface area contributed by atoms with Gasteiger partial charge in [-0.1, -0.05) is 6.07 Å². The zero-order chi connectivity index (χ0) is 19.8. The summed E-state index contributed by atoms with van der Waals surface area (Å²) in [5.74, 6) is 0.999. The molecule has 1 fully saturated rings. The molecule has 8 heteroatoms. The molecule has 0 spiro atoms. The highest BCUT2D eigenvalue weighted by Gasteiger charge is 2.21. The fraction of sp³-hybridized carbons (Fsp3) is 0.632. The summed E-state index contributed by atoms with van der Waals surface area (Å²) >= 11 is 0. The maximum atomic E-state index is 12.5. The van der Waals surface area contributed by atoms with Gasteiger partial charge in [0.25, 0.3) is 0 Å². The van der Waals surface area contributed by atoms with Crippen LogP contribution in [0.2, 0.25) is 0 Å². The molecule has 0 bridgehead atoms. The molecule has 0 saturated carbocycles. The lowest BCUT2D eigenvalue weighted by Gasteiger charge is -2.35. The predicted octanol–water partition coefficient (Wildman–Crippen LogP) is 2.83. The van der Waals surface area contributed by atoms with E-state index in [9.17, 15) is 8.78 Å². The van der Waals surface area contributed by atoms with E-state index < -0.39 is 6.61 Å². The average molecular weight is 384 g/mol. The van der Waals surface area contributed by atoms with Crippen LogP contribution < -0.4 is 20.1 Å². The third-order valence-electron chi connectivity index (χ3n) is 4.73. The number of rotatable bonds is 7. The lowest BCUT2D eigenvalue weighted by atomic mass is 10.0. The summed E-state index contributed by atoms with van der Waals surface area (Å²) < 4.78 is 34.7. The van der Waals surface area contributed by atoms with E-state index in [1.165, 1.54) is 7.11 Å². The minimum absolute atomic E-state index is 0.0239. The highest BCUT2D eigenvalue weighted by atomic mass is 19.3. The van der Waals surface area contributed by atoms with Crippen LogP contribution in [0.4, 0.5) is 8.78 Å². The van der Waals surface area contributed by atoms with E-state index in [2.05, 4.69) is 39.1 Å². The zero-order valence-electron chi connectivity index (χ0n) is 16.5. The summed E-state index contributed by atoms with van der Waals surface area (Å²) in [4.78, 5) is 6.73. The topological polar surface area (TPSA) is 58.1 Å². The van der Waals surface area contributed by atoms with Crippen LogP contribution in [-0.2, 0) is 6.54 Å². The zero-order valence-corrected chi connectivity index (χ0v) is 16.5. The maximum absolute atomic E-state index is 12.5.